The number of benzene rings is 2. The van der Waals surface area contributed by atoms with Gasteiger partial charge in [-0.05, 0) is 48.9 Å². The van der Waals surface area contributed by atoms with E-state index in [-0.39, 0.29) is 40.7 Å². The van der Waals surface area contributed by atoms with Crippen LogP contribution in [-0.2, 0) is 11.0 Å². The van der Waals surface area contributed by atoms with Gasteiger partial charge in [0.15, 0.2) is 23.3 Å². The minimum Gasteiger partial charge on any atom is -0.497 e. The van der Waals surface area contributed by atoms with Gasteiger partial charge in [0.1, 0.15) is 18.2 Å². The van der Waals surface area contributed by atoms with Gasteiger partial charge in [-0.2, -0.15) is 13.2 Å². The number of methoxy groups -OCH3 is 1. The molecule has 0 fully saturated rings. The van der Waals surface area contributed by atoms with Crippen LogP contribution in [0.15, 0.2) is 48.5 Å². The van der Waals surface area contributed by atoms with Crippen LogP contribution in [0.1, 0.15) is 36.1 Å². The Morgan fingerprint density at radius 3 is 2.53 bits per heavy atom. The van der Waals surface area contributed by atoms with E-state index in [1.807, 2.05) is 0 Å². The van der Waals surface area contributed by atoms with Crippen molar-refractivity contribution in [2.75, 3.05) is 13.7 Å². The van der Waals surface area contributed by atoms with Gasteiger partial charge in [0.2, 0.25) is 0 Å². The molecule has 0 saturated carbocycles. The second-order valence-corrected chi connectivity index (χ2v) is 8.17. The number of carboxylic acid groups (broad SMARTS) is 1. The zero-order valence-electron chi connectivity index (χ0n) is 19.0. The maximum Gasteiger partial charge on any atom is 0.433 e. The average molecular weight is 507 g/mol. The number of alkyl halides is 3. The molecule has 0 unspecified atom stereocenters. The van der Waals surface area contributed by atoms with Gasteiger partial charge in [-0.1, -0.05) is 12.1 Å². The summed E-state index contributed by atoms with van der Waals surface area (Å²) in [5.41, 5.74) is -1.96. The number of hydrogen-bond donors (Lipinski definition) is 2. The van der Waals surface area contributed by atoms with Crippen LogP contribution in [0.4, 0.5) is 17.6 Å². The summed E-state index contributed by atoms with van der Waals surface area (Å²) < 4.78 is 72.7. The molecule has 1 aliphatic heterocycles. The molecular formula is C25H21F4NO6. The maximum atomic E-state index is 14.4. The van der Waals surface area contributed by atoms with E-state index in [2.05, 4.69) is 4.98 Å². The summed E-state index contributed by atoms with van der Waals surface area (Å²) in [7, 11) is 1.31. The monoisotopic (exact) mass is 507 g/mol. The van der Waals surface area contributed by atoms with Gasteiger partial charge in [-0.25, -0.2) is 9.37 Å². The largest absolute Gasteiger partial charge is 0.497 e. The first-order valence-electron chi connectivity index (χ1n) is 10.8. The smallest absolute Gasteiger partial charge is 0.433 e. The molecule has 11 heteroatoms. The molecule has 4 rings (SSSR count). The highest BCUT2D eigenvalue weighted by atomic mass is 19.4. The third-order valence-corrected chi connectivity index (χ3v) is 5.81. The number of rotatable bonds is 6. The van der Waals surface area contributed by atoms with Crippen molar-refractivity contribution in [3.63, 3.8) is 0 Å². The maximum absolute atomic E-state index is 14.4. The minimum absolute atomic E-state index is 0.107. The summed E-state index contributed by atoms with van der Waals surface area (Å²) in [5.74, 6) is -2.62. The third-order valence-electron chi connectivity index (χ3n) is 5.81. The molecule has 1 aromatic heterocycles. The summed E-state index contributed by atoms with van der Waals surface area (Å²) >= 11 is 0. The van der Waals surface area contributed by atoms with E-state index in [4.69, 9.17) is 19.3 Å². The fourth-order valence-corrected chi connectivity index (χ4v) is 3.77. The molecule has 0 amide bonds. The highest BCUT2D eigenvalue weighted by Gasteiger charge is 2.38. The van der Waals surface area contributed by atoms with E-state index in [1.54, 1.807) is 0 Å². The number of aliphatic carboxylic acids is 1. The van der Waals surface area contributed by atoms with Crippen molar-refractivity contribution in [1.82, 2.24) is 4.98 Å². The van der Waals surface area contributed by atoms with Crippen molar-refractivity contribution in [2.45, 2.75) is 25.3 Å². The molecule has 1 aliphatic rings. The van der Waals surface area contributed by atoms with Crippen molar-refractivity contribution < 1.29 is 46.8 Å². The van der Waals surface area contributed by atoms with Gasteiger partial charge in [-0.15, -0.1) is 0 Å². The second-order valence-electron chi connectivity index (χ2n) is 8.17. The molecule has 0 spiro atoms. The number of aliphatic hydroxyl groups is 1. The molecule has 190 valence electrons. The molecule has 0 saturated heterocycles. The number of halogens is 4. The predicted molar refractivity (Wildman–Crippen MR) is 118 cm³/mol. The van der Waals surface area contributed by atoms with E-state index >= 15 is 0 Å². The van der Waals surface area contributed by atoms with E-state index < -0.39 is 47.3 Å². The normalized spacial score (nSPS) is 16.8. The molecule has 36 heavy (non-hydrogen) atoms. The lowest BCUT2D eigenvalue weighted by Crippen LogP contribution is -2.24. The summed E-state index contributed by atoms with van der Waals surface area (Å²) in [6.07, 6.45) is -7.30. The van der Waals surface area contributed by atoms with Gasteiger partial charge in [0, 0.05) is 11.1 Å². The van der Waals surface area contributed by atoms with E-state index in [9.17, 15) is 27.5 Å². The molecule has 0 radical (unpaired) electrons. The van der Waals surface area contributed by atoms with Crippen molar-refractivity contribution in [2.24, 2.45) is 5.92 Å². The van der Waals surface area contributed by atoms with Crippen LogP contribution < -0.4 is 14.2 Å². The number of pyridine rings is 1. The van der Waals surface area contributed by atoms with Crippen LogP contribution in [0.3, 0.4) is 0 Å². The van der Waals surface area contributed by atoms with Crippen LogP contribution >= 0.6 is 0 Å². The molecule has 2 N–H and O–H groups in total. The Kier molecular flexibility index (Phi) is 6.77. The zero-order valence-corrected chi connectivity index (χ0v) is 19.0. The van der Waals surface area contributed by atoms with Gasteiger partial charge in [0.25, 0.3) is 0 Å². The first-order valence-corrected chi connectivity index (χ1v) is 10.8. The molecule has 3 atom stereocenters. The number of hydrogen-bond acceptors (Lipinski definition) is 6. The van der Waals surface area contributed by atoms with Gasteiger partial charge in [0.05, 0.1) is 24.8 Å². The number of carbonyl (C=O) groups is 1. The molecule has 7 nitrogen and oxygen atoms in total. The number of carboxylic acids is 1. The minimum atomic E-state index is -4.90. The SMILES string of the molecule is COc1ccc(F)c(-c2ccc([C@@H]3COc4ccc([C@H](O)[C@H](C)C(=O)O)cc4O3)nc2C(F)(F)F)c1. The zero-order chi connectivity index (χ0) is 26.2. The number of nitrogens with zero attached hydrogens (tertiary/aromatic N) is 1. The summed E-state index contributed by atoms with van der Waals surface area (Å²) in [6.45, 7) is 1.18. The standard InChI is InChI=1S/C25H21F4NO6/c1-12(24(32)33)22(31)13-3-8-19-20(9-13)36-21(11-35-19)18-7-5-15(23(30-18)25(27,28)29)16-10-14(34-2)4-6-17(16)26/h3-10,12,21-22,31H,11H2,1-2H3,(H,32,33)/t12-,21-,22+/m0/s1. The number of aliphatic hydroxyl groups excluding tert-OH is 1. The Morgan fingerprint density at radius 2 is 1.86 bits per heavy atom. The van der Waals surface area contributed by atoms with Crippen LogP contribution in [0.2, 0.25) is 0 Å². The lowest BCUT2D eigenvalue weighted by Gasteiger charge is -2.28. The molecule has 2 aromatic carbocycles. The predicted octanol–water partition coefficient (Wildman–Crippen LogP) is 5.18. The molecule has 2 heterocycles. The van der Waals surface area contributed by atoms with Gasteiger partial charge >= 0.3 is 12.1 Å². The van der Waals surface area contributed by atoms with Crippen molar-refractivity contribution in [1.29, 1.82) is 0 Å². The second kappa shape index (κ2) is 9.65. The fourth-order valence-electron chi connectivity index (χ4n) is 3.77. The van der Waals surface area contributed by atoms with Crippen molar-refractivity contribution >= 4 is 5.97 Å². The average Bonchev–Trinajstić information content (AvgIpc) is 2.86. The Labute approximate surface area is 202 Å². The molecule has 0 aliphatic carbocycles. The van der Waals surface area contributed by atoms with E-state index in [1.165, 1.54) is 44.4 Å². The first kappa shape index (κ1) is 25.2. The summed E-state index contributed by atoms with van der Waals surface area (Å²) in [6, 6.07) is 10.2. The van der Waals surface area contributed by atoms with Gasteiger partial charge < -0.3 is 24.4 Å². The van der Waals surface area contributed by atoms with E-state index in [0.717, 1.165) is 18.2 Å². The van der Waals surface area contributed by atoms with Crippen molar-refractivity contribution in [3.05, 3.63) is 71.3 Å². The van der Waals surface area contributed by atoms with Crippen molar-refractivity contribution in [3.8, 4) is 28.4 Å². The van der Waals surface area contributed by atoms with E-state index in [0.29, 0.717) is 0 Å². The quantitative estimate of drug-likeness (QED) is 0.444. The summed E-state index contributed by atoms with van der Waals surface area (Å²) in [5, 5.41) is 19.5. The van der Waals surface area contributed by atoms with Crippen LogP contribution in [-0.4, -0.2) is 34.9 Å². The number of fused-ring (bicyclic) bond motifs is 1. The lowest BCUT2D eigenvalue weighted by molar-refractivity contribution is -0.145. The highest BCUT2D eigenvalue weighted by Crippen LogP contribution is 2.42. The Balaban J connectivity index is 1.69. The third kappa shape index (κ3) is 4.92. The molecule has 3 aromatic rings. The highest BCUT2D eigenvalue weighted by molar-refractivity contribution is 5.71. The Hall–Kier alpha value is -3.86. The summed E-state index contributed by atoms with van der Waals surface area (Å²) in [4.78, 5) is 15.0. The van der Waals surface area contributed by atoms with Crippen LogP contribution in [0.25, 0.3) is 11.1 Å². The Morgan fingerprint density at radius 1 is 1.11 bits per heavy atom. The number of aromatic nitrogens is 1. The van der Waals surface area contributed by atoms with Gasteiger partial charge in [-0.3, -0.25) is 4.79 Å². The first-order chi connectivity index (χ1) is 17.0. The topological polar surface area (TPSA) is 98.1 Å². The Bertz CT molecular complexity index is 1300. The number of ether oxygens (including phenoxy) is 3. The molecule has 0 bridgehead atoms. The molecular weight excluding hydrogens is 486 g/mol. The fraction of sp³-hybridized carbons (Fsp3) is 0.280. The van der Waals surface area contributed by atoms with Crippen LogP contribution in [0, 0.1) is 11.7 Å². The lowest BCUT2D eigenvalue weighted by atomic mass is 9.97. The van der Waals surface area contributed by atoms with Crippen LogP contribution in [0.5, 0.6) is 17.2 Å².